The van der Waals surface area contributed by atoms with Gasteiger partial charge in [0.2, 0.25) is 11.8 Å². The van der Waals surface area contributed by atoms with Gasteiger partial charge < -0.3 is 0 Å². The molecule has 1 saturated heterocycles. The maximum Gasteiger partial charge on any atom is 0.238 e. The van der Waals surface area contributed by atoms with E-state index in [1.807, 2.05) is 48.5 Å². The van der Waals surface area contributed by atoms with Crippen LogP contribution in [-0.4, -0.2) is 11.8 Å². The second kappa shape index (κ2) is 6.00. The molecule has 3 nitrogen and oxygen atoms in total. The van der Waals surface area contributed by atoms with Gasteiger partial charge in [0.1, 0.15) is 0 Å². The summed E-state index contributed by atoms with van der Waals surface area (Å²) in [6, 6.07) is 15.3. The van der Waals surface area contributed by atoms with Crippen molar-refractivity contribution in [3.8, 4) is 0 Å². The lowest BCUT2D eigenvalue weighted by atomic mass is 9.85. The Balaban J connectivity index is 1.37. The smallest absolute Gasteiger partial charge is 0.238 e. The van der Waals surface area contributed by atoms with E-state index in [0.717, 1.165) is 16.2 Å². The van der Waals surface area contributed by atoms with Crippen molar-refractivity contribution >= 4 is 40.9 Å². The first-order valence-corrected chi connectivity index (χ1v) is 9.91. The van der Waals surface area contributed by atoms with Gasteiger partial charge in [-0.25, -0.2) is 0 Å². The van der Waals surface area contributed by atoms with Gasteiger partial charge in [0.05, 0.1) is 17.5 Å². The average Bonchev–Trinajstić information content (AvgIpc) is 3.32. The van der Waals surface area contributed by atoms with Gasteiger partial charge in [-0.15, -0.1) is 0 Å². The molecule has 130 valence electrons. The molecule has 5 heteroatoms. The Kier molecular flexibility index (Phi) is 3.73. The summed E-state index contributed by atoms with van der Waals surface area (Å²) in [7, 11) is 0. The molecule has 2 amide bonds. The van der Waals surface area contributed by atoms with E-state index in [1.165, 1.54) is 4.90 Å². The molecule has 2 aliphatic carbocycles. The third kappa shape index (κ3) is 2.43. The van der Waals surface area contributed by atoms with Crippen molar-refractivity contribution in [1.82, 2.24) is 0 Å². The Bertz CT molecular complexity index is 892. The van der Waals surface area contributed by atoms with Gasteiger partial charge in [0.25, 0.3) is 0 Å². The minimum atomic E-state index is -0.152. The first kappa shape index (κ1) is 16.2. The summed E-state index contributed by atoms with van der Waals surface area (Å²) in [6.45, 7) is 0. The number of hydrogen-bond acceptors (Lipinski definition) is 3. The second-order valence-electron chi connectivity index (χ2n) is 7.06. The lowest BCUT2D eigenvalue weighted by molar-refractivity contribution is -0.123. The van der Waals surface area contributed by atoms with E-state index >= 15 is 0 Å². The Morgan fingerprint density at radius 3 is 1.85 bits per heavy atom. The standard InChI is InChI=1S/C21H16ClNO2S/c22-14-3-7-16(8-4-14)26-17-9-5-15(6-10-17)23-20(24)18-12-1-2-13(11-12)19(18)21(23)25/h1-10,12-13,18-19H,11H2. The number of halogens is 1. The van der Waals surface area contributed by atoms with Crippen molar-refractivity contribution in [3.05, 3.63) is 65.7 Å². The molecule has 5 rings (SSSR count). The number of nitrogens with zero attached hydrogens (tertiary/aromatic N) is 1. The Morgan fingerprint density at radius 1 is 0.808 bits per heavy atom. The van der Waals surface area contributed by atoms with Gasteiger partial charge in [-0.3, -0.25) is 14.5 Å². The van der Waals surface area contributed by atoms with Crippen LogP contribution in [0, 0.1) is 23.7 Å². The quantitative estimate of drug-likeness (QED) is 0.566. The first-order valence-electron chi connectivity index (χ1n) is 8.71. The van der Waals surface area contributed by atoms with Crippen LogP contribution in [0.2, 0.25) is 5.02 Å². The van der Waals surface area contributed by atoms with Gasteiger partial charge in [0.15, 0.2) is 0 Å². The topological polar surface area (TPSA) is 37.4 Å². The average molecular weight is 382 g/mol. The van der Waals surface area contributed by atoms with Crippen LogP contribution >= 0.6 is 23.4 Å². The summed E-state index contributed by atoms with van der Waals surface area (Å²) < 4.78 is 0. The number of hydrogen-bond donors (Lipinski definition) is 0. The van der Waals surface area contributed by atoms with Crippen molar-refractivity contribution in [2.24, 2.45) is 23.7 Å². The fourth-order valence-corrected chi connectivity index (χ4v) is 5.40. The number of carbonyl (C=O) groups is 2. The fraction of sp³-hybridized carbons (Fsp3) is 0.238. The van der Waals surface area contributed by atoms with Crippen molar-refractivity contribution < 1.29 is 9.59 Å². The molecule has 3 aliphatic rings. The number of imide groups is 1. The van der Waals surface area contributed by atoms with E-state index in [4.69, 9.17) is 11.6 Å². The van der Waals surface area contributed by atoms with Crippen LogP contribution in [0.15, 0.2) is 70.5 Å². The largest absolute Gasteiger partial charge is 0.274 e. The van der Waals surface area contributed by atoms with Crippen LogP contribution < -0.4 is 4.90 Å². The molecule has 2 bridgehead atoms. The molecule has 2 aromatic rings. The van der Waals surface area contributed by atoms with Crippen molar-refractivity contribution in [2.75, 3.05) is 4.90 Å². The number of benzene rings is 2. The molecule has 2 fully saturated rings. The van der Waals surface area contributed by atoms with Crippen molar-refractivity contribution in [1.29, 1.82) is 0 Å². The molecule has 1 saturated carbocycles. The van der Waals surface area contributed by atoms with E-state index in [1.54, 1.807) is 11.8 Å². The predicted octanol–water partition coefficient (Wildman–Crippen LogP) is 4.80. The third-order valence-corrected chi connectivity index (χ3v) is 6.88. The lowest BCUT2D eigenvalue weighted by Gasteiger charge is -2.17. The number of fused-ring (bicyclic) bond motifs is 5. The van der Waals surface area contributed by atoms with Crippen molar-refractivity contribution in [3.63, 3.8) is 0 Å². The van der Waals surface area contributed by atoms with E-state index in [9.17, 15) is 9.59 Å². The molecule has 0 N–H and O–H groups in total. The summed E-state index contributed by atoms with van der Waals surface area (Å²) in [4.78, 5) is 29.2. The van der Waals surface area contributed by atoms with Crippen LogP contribution in [0.25, 0.3) is 0 Å². The maximum atomic E-state index is 12.8. The van der Waals surface area contributed by atoms with Gasteiger partial charge in [-0.2, -0.15) is 0 Å². The fourth-order valence-electron chi connectivity index (χ4n) is 4.46. The molecular formula is C21H16ClNO2S. The minimum Gasteiger partial charge on any atom is -0.274 e. The van der Waals surface area contributed by atoms with Crippen LogP contribution in [0.4, 0.5) is 5.69 Å². The monoisotopic (exact) mass is 381 g/mol. The molecule has 2 aromatic carbocycles. The summed E-state index contributed by atoms with van der Waals surface area (Å²) in [5.74, 6) is 0.114. The highest BCUT2D eigenvalue weighted by Crippen LogP contribution is 2.53. The molecule has 0 spiro atoms. The Morgan fingerprint density at radius 2 is 1.31 bits per heavy atom. The first-order chi connectivity index (χ1) is 12.6. The molecule has 1 heterocycles. The Hall–Kier alpha value is -2.04. The van der Waals surface area contributed by atoms with E-state index < -0.39 is 0 Å². The highest BCUT2D eigenvalue weighted by Gasteiger charge is 2.59. The highest BCUT2D eigenvalue weighted by atomic mass is 35.5. The number of amides is 2. The van der Waals surface area contributed by atoms with Crippen molar-refractivity contribution in [2.45, 2.75) is 16.2 Å². The number of anilines is 1. The number of rotatable bonds is 3. The summed E-state index contributed by atoms with van der Waals surface area (Å²) in [5, 5.41) is 0.713. The maximum absolute atomic E-state index is 12.8. The third-order valence-electron chi connectivity index (χ3n) is 5.61. The second-order valence-corrected chi connectivity index (χ2v) is 8.65. The molecule has 4 unspecified atom stereocenters. The van der Waals surface area contributed by atoms with Gasteiger partial charge in [0, 0.05) is 14.8 Å². The highest BCUT2D eigenvalue weighted by molar-refractivity contribution is 7.99. The zero-order valence-corrected chi connectivity index (χ0v) is 15.4. The van der Waals surface area contributed by atoms with Gasteiger partial charge in [-0.05, 0) is 66.8 Å². The van der Waals surface area contributed by atoms with Crippen LogP contribution in [0.5, 0.6) is 0 Å². The molecule has 1 aliphatic heterocycles. The summed E-state index contributed by atoms with van der Waals surface area (Å²) >= 11 is 7.54. The molecule has 26 heavy (non-hydrogen) atoms. The normalized spacial score (nSPS) is 28.9. The van der Waals surface area contributed by atoms with Crippen LogP contribution in [-0.2, 0) is 9.59 Å². The van der Waals surface area contributed by atoms with E-state index in [0.29, 0.717) is 10.7 Å². The van der Waals surface area contributed by atoms with Crippen LogP contribution in [0.1, 0.15) is 6.42 Å². The van der Waals surface area contributed by atoms with Gasteiger partial charge in [-0.1, -0.05) is 35.5 Å². The summed E-state index contributed by atoms with van der Waals surface area (Å²) in [5.41, 5.74) is 0.675. The molecule has 0 radical (unpaired) electrons. The van der Waals surface area contributed by atoms with E-state index in [-0.39, 0.29) is 35.5 Å². The molecular weight excluding hydrogens is 366 g/mol. The summed E-state index contributed by atoms with van der Waals surface area (Å²) in [6.07, 6.45) is 5.19. The van der Waals surface area contributed by atoms with Gasteiger partial charge >= 0.3 is 0 Å². The zero-order chi connectivity index (χ0) is 17.8. The molecule has 4 atom stereocenters. The van der Waals surface area contributed by atoms with Crippen LogP contribution in [0.3, 0.4) is 0 Å². The number of carbonyl (C=O) groups excluding carboxylic acids is 2. The molecule has 0 aromatic heterocycles. The predicted molar refractivity (Wildman–Crippen MR) is 102 cm³/mol. The Labute approximate surface area is 161 Å². The van der Waals surface area contributed by atoms with E-state index in [2.05, 4.69) is 12.2 Å². The number of allylic oxidation sites excluding steroid dienone is 2. The SMILES string of the molecule is O=C1C2C3C=CC(C3)C2C(=O)N1c1ccc(Sc2ccc(Cl)cc2)cc1. The minimum absolute atomic E-state index is 0.0324. The zero-order valence-electron chi connectivity index (χ0n) is 13.8. The lowest BCUT2D eigenvalue weighted by Crippen LogP contribution is -2.32.